The average Bonchev–Trinajstić information content (AvgIpc) is 2.04. The molecule has 1 rings (SSSR count). The van der Waals surface area contributed by atoms with E-state index in [0.29, 0.717) is 0 Å². The average molecular weight is 284 g/mol. The van der Waals surface area contributed by atoms with Gasteiger partial charge in [-0.05, 0) is 24.3 Å². The predicted octanol–water partition coefficient (Wildman–Crippen LogP) is 1.08. The summed E-state index contributed by atoms with van der Waals surface area (Å²) >= 11 is 0. The maximum Gasteiger partial charge on any atom is 0.335 e. The number of benzene rings is 1. The summed E-state index contributed by atoms with van der Waals surface area (Å²) in [4.78, 5) is 20.7. The Morgan fingerprint density at radius 1 is 0.857 bits per heavy atom. The molecule has 0 saturated carbocycles. The van der Waals surface area contributed by atoms with Crippen molar-refractivity contribution in [3.05, 3.63) is 35.4 Å². The van der Waals surface area contributed by atoms with E-state index in [0.717, 1.165) is 0 Å². The molecule has 4 nitrogen and oxygen atoms in total. The number of hydrogen-bond donors (Lipinski definition) is 2. The second-order valence-corrected chi connectivity index (χ2v) is 2.19. The quantitative estimate of drug-likeness (QED) is 0.797. The van der Waals surface area contributed by atoms with Crippen LogP contribution in [0.3, 0.4) is 0 Å². The zero-order chi connectivity index (χ0) is 9.14. The van der Waals surface area contributed by atoms with E-state index in [2.05, 4.69) is 0 Å². The molecule has 0 aliphatic carbocycles. The predicted molar refractivity (Wildman–Crippen MR) is 40.4 cm³/mol. The van der Waals surface area contributed by atoms with Gasteiger partial charge in [0.2, 0.25) is 0 Å². The Balaban J connectivity index is 0. The van der Waals surface area contributed by atoms with Gasteiger partial charge in [-0.1, -0.05) is 0 Å². The van der Waals surface area contributed by atoms with Gasteiger partial charge in [-0.2, -0.15) is 0 Å². The van der Waals surface area contributed by atoms with Crippen molar-refractivity contribution in [1.82, 2.24) is 0 Å². The topological polar surface area (TPSA) is 74.6 Å². The Bertz CT molecular complexity index is 290. The van der Waals surface area contributed by atoms with Gasteiger partial charge in [0.1, 0.15) is 0 Å². The fourth-order valence-corrected chi connectivity index (χ4v) is 0.755. The second-order valence-electron chi connectivity index (χ2n) is 2.19. The molecular formula is C8H6CoNiO4. The molecule has 0 bridgehead atoms. The molecule has 0 aromatic heterocycles. The van der Waals surface area contributed by atoms with Crippen LogP contribution in [0.4, 0.5) is 0 Å². The fourth-order valence-electron chi connectivity index (χ4n) is 0.755. The molecule has 0 spiro atoms. The maximum absolute atomic E-state index is 10.3. The molecule has 2 N–H and O–H groups in total. The van der Waals surface area contributed by atoms with Crippen molar-refractivity contribution in [3.63, 3.8) is 0 Å². The van der Waals surface area contributed by atoms with E-state index in [-0.39, 0.29) is 44.4 Å². The smallest absolute Gasteiger partial charge is 0.335 e. The molecule has 0 aliphatic heterocycles. The second kappa shape index (κ2) is 6.59. The zero-order valence-electron chi connectivity index (χ0n) is 6.67. The van der Waals surface area contributed by atoms with Crippen LogP contribution >= 0.6 is 0 Å². The summed E-state index contributed by atoms with van der Waals surface area (Å²) in [5.74, 6) is -2.13. The Kier molecular flexibility index (Phi) is 7.35. The van der Waals surface area contributed by atoms with E-state index < -0.39 is 11.9 Å². The van der Waals surface area contributed by atoms with Crippen molar-refractivity contribution in [3.8, 4) is 0 Å². The fraction of sp³-hybridized carbons (Fsp3) is 0. The van der Waals surface area contributed by atoms with E-state index >= 15 is 0 Å². The van der Waals surface area contributed by atoms with Gasteiger partial charge < -0.3 is 10.2 Å². The molecule has 0 amide bonds. The summed E-state index contributed by atoms with van der Waals surface area (Å²) in [5, 5.41) is 16.9. The standard InChI is InChI=1S/C8H6O4.Co.Ni/c9-7(10)5-1-2-6(4-3-5)8(11)12;;/h1-4H,(H,9,10)(H,11,12);;. The molecular weight excluding hydrogens is 278 g/mol. The molecule has 0 aliphatic rings. The number of hydrogen-bond acceptors (Lipinski definition) is 2. The van der Waals surface area contributed by atoms with Crippen LogP contribution in [0, 0.1) is 0 Å². The van der Waals surface area contributed by atoms with Crippen molar-refractivity contribution in [2.24, 2.45) is 0 Å². The first kappa shape index (κ1) is 15.6. The maximum atomic E-state index is 10.3. The number of rotatable bonds is 2. The third kappa shape index (κ3) is 3.91. The number of carboxylic acids is 2. The van der Waals surface area contributed by atoms with Gasteiger partial charge >= 0.3 is 11.9 Å². The van der Waals surface area contributed by atoms with Crippen LogP contribution in [0.5, 0.6) is 0 Å². The molecule has 1 aromatic carbocycles. The van der Waals surface area contributed by atoms with Gasteiger partial charge in [-0.3, -0.25) is 0 Å². The number of carboxylic acid groups (broad SMARTS) is 2. The molecule has 1 aromatic rings. The van der Waals surface area contributed by atoms with Gasteiger partial charge in [0, 0.05) is 33.3 Å². The summed E-state index contributed by atoms with van der Waals surface area (Å²) in [7, 11) is 0. The van der Waals surface area contributed by atoms with E-state index in [1.54, 1.807) is 0 Å². The summed E-state index contributed by atoms with van der Waals surface area (Å²) in [6, 6.07) is 5.02. The first-order valence-electron chi connectivity index (χ1n) is 3.18. The van der Waals surface area contributed by atoms with Crippen LogP contribution in [-0.2, 0) is 33.3 Å². The number of carbonyl (C=O) groups is 2. The number of aromatic carboxylic acids is 2. The molecule has 0 unspecified atom stereocenters. The zero-order valence-corrected chi connectivity index (χ0v) is 8.70. The Hall–Kier alpha value is -0.840. The minimum atomic E-state index is -1.06. The molecule has 6 heteroatoms. The van der Waals surface area contributed by atoms with Crippen LogP contribution in [0.2, 0.25) is 0 Å². The van der Waals surface area contributed by atoms with Crippen molar-refractivity contribution >= 4 is 11.9 Å². The molecule has 0 fully saturated rings. The van der Waals surface area contributed by atoms with Crippen molar-refractivity contribution < 1.29 is 53.1 Å². The Morgan fingerprint density at radius 2 is 1.07 bits per heavy atom. The minimum Gasteiger partial charge on any atom is -0.478 e. The van der Waals surface area contributed by atoms with Crippen LogP contribution in [-0.4, -0.2) is 22.2 Å². The first-order valence-corrected chi connectivity index (χ1v) is 3.18. The van der Waals surface area contributed by atoms with Crippen LogP contribution in [0.1, 0.15) is 20.7 Å². The summed E-state index contributed by atoms with van der Waals surface area (Å²) in [5.41, 5.74) is 0.167. The van der Waals surface area contributed by atoms with E-state index in [9.17, 15) is 9.59 Å². The molecule has 0 saturated heterocycles. The third-order valence-corrected chi connectivity index (χ3v) is 1.38. The van der Waals surface area contributed by atoms with Gasteiger partial charge in [0.05, 0.1) is 11.1 Å². The van der Waals surface area contributed by atoms with Crippen molar-refractivity contribution in [1.29, 1.82) is 0 Å². The van der Waals surface area contributed by atoms with Crippen LogP contribution in [0.15, 0.2) is 24.3 Å². The first-order chi connectivity index (χ1) is 5.61. The van der Waals surface area contributed by atoms with Gasteiger partial charge in [-0.15, -0.1) is 0 Å². The molecule has 81 valence electrons. The van der Waals surface area contributed by atoms with Crippen LogP contribution in [0.25, 0.3) is 0 Å². The van der Waals surface area contributed by atoms with E-state index in [4.69, 9.17) is 10.2 Å². The summed E-state index contributed by atoms with van der Waals surface area (Å²) < 4.78 is 0. The van der Waals surface area contributed by atoms with Gasteiger partial charge in [-0.25, -0.2) is 9.59 Å². The molecule has 0 heterocycles. The largest absolute Gasteiger partial charge is 0.478 e. The molecule has 14 heavy (non-hydrogen) atoms. The normalized spacial score (nSPS) is 8.00. The molecule has 1 radical (unpaired) electrons. The molecule has 0 atom stereocenters. The van der Waals surface area contributed by atoms with E-state index in [1.165, 1.54) is 24.3 Å². The van der Waals surface area contributed by atoms with Crippen LogP contribution < -0.4 is 0 Å². The van der Waals surface area contributed by atoms with Crippen molar-refractivity contribution in [2.45, 2.75) is 0 Å². The third-order valence-electron chi connectivity index (χ3n) is 1.38. The SMILES string of the molecule is O=C(O)c1ccc(C(=O)O)cc1.[Co].[Ni]. The summed E-state index contributed by atoms with van der Waals surface area (Å²) in [6.45, 7) is 0. The Morgan fingerprint density at radius 3 is 1.21 bits per heavy atom. The Labute approximate surface area is 100 Å². The van der Waals surface area contributed by atoms with E-state index in [1.807, 2.05) is 0 Å². The monoisotopic (exact) mass is 283 g/mol. The van der Waals surface area contributed by atoms with Gasteiger partial charge in [0.15, 0.2) is 0 Å². The van der Waals surface area contributed by atoms with Gasteiger partial charge in [0.25, 0.3) is 0 Å². The summed E-state index contributed by atoms with van der Waals surface area (Å²) in [6.07, 6.45) is 0. The minimum absolute atomic E-state index is 0. The van der Waals surface area contributed by atoms with Crippen molar-refractivity contribution in [2.75, 3.05) is 0 Å².